The van der Waals surface area contributed by atoms with Crippen molar-refractivity contribution in [2.24, 2.45) is 5.73 Å². The van der Waals surface area contributed by atoms with Crippen LogP contribution in [0.15, 0.2) is 42.5 Å². The highest BCUT2D eigenvalue weighted by atomic mass is 35.5. The highest BCUT2D eigenvalue weighted by Crippen LogP contribution is 2.27. The molecule has 1 amide bonds. The van der Waals surface area contributed by atoms with Crippen LogP contribution in [0.5, 0.6) is 0 Å². The molecule has 0 aromatic heterocycles. The second-order valence-electron chi connectivity index (χ2n) is 4.72. The largest absolute Gasteiger partial charge is 0.378 e. The monoisotopic (exact) mass is 322 g/mol. The van der Waals surface area contributed by atoms with Gasteiger partial charge in [0, 0.05) is 10.7 Å². The van der Waals surface area contributed by atoms with Gasteiger partial charge in [-0.2, -0.15) is 0 Å². The normalized spacial score (nSPS) is 12.0. The number of rotatable bonds is 5. The number of benzene rings is 2. The smallest absolute Gasteiger partial charge is 0.250 e. The summed E-state index contributed by atoms with van der Waals surface area (Å²) < 4.78 is 0. The zero-order chi connectivity index (χ0) is 15.4. The van der Waals surface area contributed by atoms with Crippen LogP contribution >= 0.6 is 23.2 Å². The summed E-state index contributed by atoms with van der Waals surface area (Å²) in [6.45, 7) is 2.07. The summed E-state index contributed by atoms with van der Waals surface area (Å²) >= 11 is 12.0. The molecule has 0 aliphatic rings. The summed E-state index contributed by atoms with van der Waals surface area (Å²) in [6, 6.07) is 12.9. The SMILES string of the molecule is CCC(Nc1ccc(Cl)c(C(N)=O)c1)c1cccc(Cl)c1. The van der Waals surface area contributed by atoms with Crippen LogP contribution in [-0.2, 0) is 0 Å². The minimum Gasteiger partial charge on any atom is -0.378 e. The van der Waals surface area contributed by atoms with E-state index in [1.165, 1.54) is 0 Å². The minimum absolute atomic E-state index is 0.0885. The average molecular weight is 323 g/mol. The van der Waals surface area contributed by atoms with E-state index in [-0.39, 0.29) is 6.04 Å². The van der Waals surface area contributed by atoms with Crippen LogP contribution in [0.25, 0.3) is 0 Å². The number of nitrogens with two attached hydrogens (primary N) is 1. The fraction of sp³-hybridized carbons (Fsp3) is 0.188. The molecule has 2 aromatic rings. The Morgan fingerprint density at radius 3 is 2.62 bits per heavy atom. The summed E-state index contributed by atoms with van der Waals surface area (Å²) in [5, 5.41) is 4.42. The molecule has 0 bridgehead atoms. The quantitative estimate of drug-likeness (QED) is 0.841. The predicted molar refractivity (Wildman–Crippen MR) is 88.1 cm³/mol. The molecule has 0 aliphatic heterocycles. The van der Waals surface area contributed by atoms with Crippen molar-refractivity contribution < 1.29 is 4.79 Å². The van der Waals surface area contributed by atoms with Gasteiger partial charge in [0.1, 0.15) is 0 Å². The van der Waals surface area contributed by atoms with Gasteiger partial charge in [-0.1, -0.05) is 42.3 Å². The van der Waals surface area contributed by atoms with Crippen LogP contribution in [0, 0.1) is 0 Å². The van der Waals surface area contributed by atoms with Gasteiger partial charge in [0.2, 0.25) is 5.91 Å². The minimum atomic E-state index is -0.542. The van der Waals surface area contributed by atoms with Crippen LogP contribution in [0.1, 0.15) is 35.3 Å². The molecule has 0 radical (unpaired) electrons. The van der Waals surface area contributed by atoms with Crippen molar-refractivity contribution in [3.63, 3.8) is 0 Å². The number of primary amides is 1. The van der Waals surface area contributed by atoms with Crippen molar-refractivity contribution in [1.82, 2.24) is 0 Å². The number of carbonyl (C=O) groups is 1. The fourth-order valence-electron chi connectivity index (χ4n) is 2.15. The number of hydrogen-bond acceptors (Lipinski definition) is 2. The molecular formula is C16H16Cl2N2O. The fourth-order valence-corrected chi connectivity index (χ4v) is 2.56. The molecule has 0 aliphatic carbocycles. The van der Waals surface area contributed by atoms with E-state index in [0.717, 1.165) is 17.7 Å². The van der Waals surface area contributed by atoms with Gasteiger partial charge in [0.25, 0.3) is 0 Å². The lowest BCUT2D eigenvalue weighted by Gasteiger charge is -2.19. The van der Waals surface area contributed by atoms with E-state index in [0.29, 0.717) is 15.6 Å². The zero-order valence-corrected chi connectivity index (χ0v) is 13.1. The van der Waals surface area contributed by atoms with E-state index in [4.69, 9.17) is 28.9 Å². The molecule has 5 heteroatoms. The van der Waals surface area contributed by atoms with Crippen LogP contribution in [0.3, 0.4) is 0 Å². The maximum atomic E-state index is 11.3. The van der Waals surface area contributed by atoms with Crippen LogP contribution in [-0.4, -0.2) is 5.91 Å². The molecular weight excluding hydrogens is 307 g/mol. The van der Waals surface area contributed by atoms with E-state index in [1.54, 1.807) is 12.1 Å². The highest BCUT2D eigenvalue weighted by Gasteiger charge is 2.12. The lowest BCUT2D eigenvalue weighted by Crippen LogP contribution is -2.14. The zero-order valence-electron chi connectivity index (χ0n) is 11.6. The topological polar surface area (TPSA) is 55.1 Å². The predicted octanol–water partition coefficient (Wildman–Crippen LogP) is 4.66. The Balaban J connectivity index is 2.27. The lowest BCUT2D eigenvalue weighted by atomic mass is 10.0. The van der Waals surface area contributed by atoms with E-state index < -0.39 is 5.91 Å². The van der Waals surface area contributed by atoms with Gasteiger partial charge in [-0.15, -0.1) is 0 Å². The Hall–Kier alpha value is -1.71. The third kappa shape index (κ3) is 3.90. The average Bonchev–Trinajstić information content (AvgIpc) is 2.46. The first-order chi connectivity index (χ1) is 10.0. The van der Waals surface area contributed by atoms with Crippen molar-refractivity contribution in [3.05, 3.63) is 63.6 Å². The number of amides is 1. The van der Waals surface area contributed by atoms with Crippen molar-refractivity contribution in [1.29, 1.82) is 0 Å². The molecule has 0 saturated heterocycles. The molecule has 1 unspecified atom stereocenters. The summed E-state index contributed by atoms with van der Waals surface area (Å²) in [6.07, 6.45) is 0.870. The second kappa shape index (κ2) is 6.83. The summed E-state index contributed by atoms with van der Waals surface area (Å²) in [5.41, 5.74) is 7.49. The molecule has 2 aromatic carbocycles. The van der Waals surface area contributed by atoms with Gasteiger partial charge < -0.3 is 11.1 Å². The number of anilines is 1. The molecule has 0 spiro atoms. The van der Waals surface area contributed by atoms with Crippen molar-refractivity contribution in [2.75, 3.05) is 5.32 Å². The summed E-state index contributed by atoms with van der Waals surface area (Å²) in [5.74, 6) is -0.542. The van der Waals surface area contributed by atoms with Crippen LogP contribution < -0.4 is 11.1 Å². The van der Waals surface area contributed by atoms with Gasteiger partial charge >= 0.3 is 0 Å². The summed E-state index contributed by atoms with van der Waals surface area (Å²) in [4.78, 5) is 11.3. The molecule has 3 N–H and O–H groups in total. The van der Waals surface area contributed by atoms with Crippen LogP contribution in [0.2, 0.25) is 10.0 Å². The number of nitrogens with one attached hydrogen (secondary N) is 1. The first kappa shape index (κ1) is 15.7. The molecule has 21 heavy (non-hydrogen) atoms. The first-order valence-electron chi connectivity index (χ1n) is 6.62. The summed E-state index contributed by atoms with van der Waals surface area (Å²) in [7, 11) is 0. The Morgan fingerprint density at radius 1 is 1.24 bits per heavy atom. The van der Waals surface area contributed by atoms with Crippen LogP contribution in [0.4, 0.5) is 5.69 Å². The van der Waals surface area contributed by atoms with Gasteiger partial charge in [-0.3, -0.25) is 4.79 Å². The standard InChI is InChI=1S/C16H16Cl2N2O/c1-2-15(10-4-3-5-11(17)8-10)20-12-6-7-14(18)13(9-12)16(19)21/h3-9,15,20H,2H2,1H3,(H2,19,21). The maximum absolute atomic E-state index is 11.3. The second-order valence-corrected chi connectivity index (χ2v) is 5.56. The van der Waals surface area contributed by atoms with Gasteiger partial charge in [-0.25, -0.2) is 0 Å². The van der Waals surface area contributed by atoms with Crippen molar-refractivity contribution in [3.8, 4) is 0 Å². The molecule has 0 saturated carbocycles. The Labute approximate surface area is 134 Å². The maximum Gasteiger partial charge on any atom is 0.250 e. The first-order valence-corrected chi connectivity index (χ1v) is 7.38. The Morgan fingerprint density at radius 2 is 2.00 bits per heavy atom. The van der Waals surface area contributed by atoms with Crippen molar-refractivity contribution in [2.45, 2.75) is 19.4 Å². The number of halogens is 2. The third-order valence-electron chi connectivity index (χ3n) is 3.23. The van der Waals surface area contributed by atoms with Crippen molar-refractivity contribution >= 4 is 34.8 Å². The Bertz CT molecular complexity index is 658. The van der Waals surface area contributed by atoms with Gasteiger partial charge in [0.15, 0.2) is 0 Å². The third-order valence-corrected chi connectivity index (χ3v) is 3.80. The molecule has 0 heterocycles. The Kier molecular flexibility index (Phi) is 5.10. The highest BCUT2D eigenvalue weighted by molar-refractivity contribution is 6.33. The van der Waals surface area contributed by atoms with E-state index >= 15 is 0 Å². The molecule has 1 atom stereocenters. The lowest BCUT2D eigenvalue weighted by molar-refractivity contribution is 0.100. The number of carbonyl (C=O) groups excluding carboxylic acids is 1. The van der Waals surface area contributed by atoms with E-state index in [2.05, 4.69) is 12.2 Å². The van der Waals surface area contributed by atoms with E-state index in [1.807, 2.05) is 30.3 Å². The molecule has 0 fully saturated rings. The molecule has 2 rings (SSSR count). The number of hydrogen-bond donors (Lipinski definition) is 2. The van der Waals surface area contributed by atoms with E-state index in [9.17, 15) is 4.79 Å². The molecule has 3 nitrogen and oxygen atoms in total. The van der Waals surface area contributed by atoms with Gasteiger partial charge in [-0.05, 0) is 42.3 Å². The molecule has 110 valence electrons. The van der Waals surface area contributed by atoms with Gasteiger partial charge in [0.05, 0.1) is 16.6 Å².